The summed E-state index contributed by atoms with van der Waals surface area (Å²) >= 11 is 7.04. The summed E-state index contributed by atoms with van der Waals surface area (Å²) in [5, 5.41) is 12.7. The van der Waals surface area contributed by atoms with Crippen molar-refractivity contribution >= 4 is 46.6 Å². The van der Waals surface area contributed by atoms with Crippen molar-refractivity contribution in [1.29, 1.82) is 5.26 Å². The number of nitriles is 1. The van der Waals surface area contributed by atoms with E-state index in [2.05, 4.69) is 5.32 Å². The van der Waals surface area contributed by atoms with Crippen LogP contribution in [0.25, 0.3) is 0 Å². The number of carbonyl (C=O) groups is 2. The maximum atomic E-state index is 13.5. The molecule has 0 spiro atoms. The van der Waals surface area contributed by atoms with Crippen LogP contribution in [-0.2, 0) is 16.0 Å². The van der Waals surface area contributed by atoms with Crippen molar-refractivity contribution < 1.29 is 14.0 Å². The van der Waals surface area contributed by atoms with Crippen LogP contribution in [0.4, 0.5) is 15.8 Å². The number of hydrogen-bond acceptors (Lipinski definition) is 4. The van der Waals surface area contributed by atoms with Crippen LogP contribution >= 0.6 is 23.4 Å². The van der Waals surface area contributed by atoms with Gasteiger partial charge in [0.15, 0.2) is 0 Å². The van der Waals surface area contributed by atoms with Crippen molar-refractivity contribution in [3.63, 3.8) is 0 Å². The van der Waals surface area contributed by atoms with Crippen LogP contribution in [-0.4, -0.2) is 17.1 Å². The molecule has 0 bridgehead atoms. The highest BCUT2D eigenvalue weighted by atomic mass is 35.5. The summed E-state index contributed by atoms with van der Waals surface area (Å²) in [4.78, 5) is 27.7. The minimum atomic E-state index is -0.650. The highest BCUT2D eigenvalue weighted by Gasteiger charge is 2.40. The molecule has 1 fully saturated rings. The van der Waals surface area contributed by atoms with Gasteiger partial charge in [-0.3, -0.25) is 14.5 Å². The van der Waals surface area contributed by atoms with Crippen molar-refractivity contribution in [3.05, 3.63) is 106 Å². The van der Waals surface area contributed by atoms with E-state index in [0.29, 0.717) is 22.8 Å². The number of hydrogen-bond donors (Lipinski definition) is 1. The molecule has 1 aliphatic rings. The number of halogens is 2. The Kier molecular flexibility index (Phi) is 6.78. The summed E-state index contributed by atoms with van der Waals surface area (Å²) in [6.07, 6.45) is 0.420. The summed E-state index contributed by atoms with van der Waals surface area (Å²) in [7, 11) is 0. The van der Waals surface area contributed by atoms with E-state index < -0.39 is 17.0 Å². The first-order valence-electron chi connectivity index (χ1n) is 9.97. The number of thioether (sulfide) groups is 1. The van der Waals surface area contributed by atoms with Crippen molar-refractivity contribution in [2.75, 3.05) is 10.2 Å². The maximum absolute atomic E-state index is 13.5. The van der Waals surface area contributed by atoms with Gasteiger partial charge in [-0.15, -0.1) is 0 Å². The van der Waals surface area contributed by atoms with E-state index in [4.69, 9.17) is 11.6 Å². The first kappa shape index (κ1) is 22.6. The Balaban J connectivity index is 1.72. The molecule has 0 aromatic heterocycles. The lowest BCUT2D eigenvalue weighted by Gasteiger charge is -2.18. The fraction of sp³-hybridized carbons (Fsp3) is 0.0800. The molecule has 1 saturated heterocycles. The van der Waals surface area contributed by atoms with Gasteiger partial charge in [0.25, 0.3) is 5.91 Å². The monoisotopic (exact) mass is 477 g/mol. The standard InChI is InChI=1S/C25H17ClFN3O2S/c26-17-6-10-19(11-7-17)29-23(31)21(15-28)25-30(20-12-8-18(27)9-13-20)24(32)22(33-25)14-16-4-2-1-3-5-16/h1-13,22H,14H2,(H,29,31)/b25-21-/t22-/m0/s1. The van der Waals surface area contributed by atoms with Crippen molar-refractivity contribution in [2.24, 2.45) is 0 Å². The lowest BCUT2D eigenvalue weighted by molar-refractivity contribution is -0.117. The fourth-order valence-corrected chi connectivity index (χ4v) is 4.80. The predicted molar refractivity (Wildman–Crippen MR) is 128 cm³/mol. The fourth-order valence-electron chi connectivity index (χ4n) is 3.37. The van der Waals surface area contributed by atoms with E-state index in [1.807, 2.05) is 36.4 Å². The zero-order chi connectivity index (χ0) is 23.4. The molecule has 1 atom stereocenters. The first-order chi connectivity index (χ1) is 16.0. The van der Waals surface area contributed by atoms with Crippen molar-refractivity contribution in [2.45, 2.75) is 11.7 Å². The van der Waals surface area contributed by atoms with Crippen molar-refractivity contribution in [3.8, 4) is 6.07 Å². The quantitative estimate of drug-likeness (QED) is 0.386. The number of amides is 2. The van der Waals surface area contributed by atoms with Crippen LogP contribution in [0.3, 0.4) is 0 Å². The molecule has 2 amide bonds. The average molecular weight is 478 g/mol. The largest absolute Gasteiger partial charge is 0.321 e. The number of carbonyl (C=O) groups excluding carboxylic acids is 2. The highest BCUT2D eigenvalue weighted by Crippen LogP contribution is 2.42. The Morgan fingerprint density at radius 3 is 2.36 bits per heavy atom. The van der Waals surface area contributed by atoms with Crippen molar-refractivity contribution in [1.82, 2.24) is 0 Å². The van der Waals surface area contributed by atoms with Gasteiger partial charge >= 0.3 is 0 Å². The first-order valence-corrected chi connectivity index (χ1v) is 11.2. The molecule has 0 aliphatic carbocycles. The number of rotatable bonds is 5. The summed E-state index contributed by atoms with van der Waals surface area (Å²) < 4.78 is 13.5. The van der Waals surface area contributed by atoms with Crippen LogP contribution in [0, 0.1) is 17.1 Å². The molecule has 4 rings (SSSR count). The summed E-state index contributed by atoms with van der Waals surface area (Å²) in [5.74, 6) is -1.38. The van der Waals surface area contributed by atoms with E-state index in [1.165, 1.54) is 29.2 Å². The smallest absolute Gasteiger partial charge is 0.269 e. The molecule has 164 valence electrons. The highest BCUT2D eigenvalue weighted by molar-refractivity contribution is 8.05. The maximum Gasteiger partial charge on any atom is 0.269 e. The Morgan fingerprint density at radius 2 is 1.73 bits per heavy atom. The minimum Gasteiger partial charge on any atom is -0.321 e. The van der Waals surface area contributed by atoms with Crippen LogP contribution in [0.2, 0.25) is 5.02 Å². The Labute approximate surface area is 199 Å². The molecule has 5 nitrogen and oxygen atoms in total. The summed E-state index contributed by atoms with van der Waals surface area (Å²) in [6, 6.07) is 23.2. The van der Waals surface area contributed by atoms with Crippen LogP contribution in [0.5, 0.6) is 0 Å². The van der Waals surface area contributed by atoms with Crippen LogP contribution < -0.4 is 10.2 Å². The number of nitrogens with zero attached hydrogens (tertiary/aromatic N) is 2. The van der Waals surface area contributed by atoms with Crippen LogP contribution in [0.15, 0.2) is 89.5 Å². The molecule has 1 N–H and O–H groups in total. The van der Waals surface area contributed by atoms with Gasteiger partial charge in [-0.1, -0.05) is 53.7 Å². The van der Waals surface area contributed by atoms with Gasteiger partial charge in [0, 0.05) is 16.4 Å². The molecule has 3 aromatic rings. The zero-order valence-corrected chi connectivity index (χ0v) is 18.7. The van der Waals surface area contributed by atoms with Gasteiger partial charge < -0.3 is 5.32 Å². The lowest BCUT2D eigenvalue weighted by Crippen LogP contribution is -2.30. The number of anilines is 2. The summed E-state index contributed by atoms with van der Waals surface area (Å²) in [6.45, 7) is 0. The van der Waals surface area contributed by atoms with E-state index in [-0.39, 0.29) is 16.5 Å². The molecule has 1 heterocycles. The molecular formula is C25H17ClFN3O2S. The lowest BCUT2D eigenvalue weighted by atomic mass is 10.1. The van der Waals surface area contributed by atoms with Gasteiger partial charge in [0.2, 0.25) is 5.91 Å². The average Bonchev–Trinajstić information content (AvgIpc) is 3.12. The van der Waals surface area contributed by atoms with E-state index >= 15 is 0 Å². The zero-order valence-electron chi connectivity index (χ0n) is 17.2. The third-order valence-corrected chi connectivity index (χ3v) is 6.47. The number of benzene rings is 3. The molecule has 0 unspecified atom stereocenters. The second kappa shape index (κ2) is 9.90. The Bertz CT molecular complexity index is 1260. The van der Waals surface area contributed by atoms with Crippen LogP contribution in [0.1, 0.15) is 5.56 Å². The van der Waals surface area contributed by atoms with E-state index in [9.17, 15) is 19.2 Å². The molecule has 33 heavy (non-hydrogen) atoms. The normalized spacial score (nSPS) is 16.9. The molecule has 1 aliphatic heterocycles. The minimum absolute atomic E-state index is 0.205. The third kappa shape index (κ3) is 5.08. The predicted octanol–water partition coefficient (Wildman–Crippen LogP) is 5.54. The molecule has 0 saturated carbocycles. The third-order valence-electron chi connectivity index (χ3n) is 4.96. The molecule has 0 radical (unpaired) electrons. The second-order valence-electron chi connectivity index (χ2n) is 7.20. The second-order valence-corrected chi connectivity index (χ2v) is 8.83. The van der Waals surface area contributed by atoms with E-state index in [1.54, 1.807) is 24.3 Å². The van der Waals surface area contributed by atoms with Gasteiger partial charge in [-0.05, 0) is 60.5 Å². The summed E-state index contributed by atoms with van der Waals surface area (Å²) in [5.41, 5.74) is 1.59. The molecular weight excluding hydrogens is 461 g/mol. The van der Waals surface area contributed by atoms with E-state index in [0.717, 1.165) is 17.3 Å². The van der Waals surface area contributed by atoms with Gasteiger partial charge in [-0.25, -0.2) is 4.39 Å². The Morgan fingerprint density at radius 1 is 1.06 bits per heavy atom. The topological polar surface area (TPSA) is 73.2 Å². The number of nitrogens with one attached hydrogen (secondary N) is 1. The Hall–Kier alpha value is -3.60. The van der Waals surface area contributed by atoms with Gasteiger partial charge in [0.1, 0.15) is 22.5 Å². The molecule has 8 heteroatoms. The molecule has 3 aromatic carbocycles. The van der Waals surface area contributed by atoms with Gasteiger partial charge in [0.05, 0.1) is 5.25 Å². The SMILES string of the molecule is N#C/C(C(=O)Nc1ccc(Cl)cc1)=C1/S[C@@H](Cc2ccccc2)C(=O)N1c1ccc(F)cc1. The van der Waals surface area contributed by atoms with Gasteiger partial charge in [-0.2, -0.15) is 5.26 Å².